The van der Waals surface area contributed by atoms with Crippen molar-refractivity contribution in [3.63, 3.8) is 0 Å². The second kappa shape index (κ2) is 4.45. The van der Waals surface area contributed by atoms with Crippen molar-refractivity contribution in [1.82, 2.24) is 0 Å². The fourth-order valence-electron chi connectivity index (χ4n) is 2.03. The molecule has 2 aromatic carbocycles. The number of halogens is 3. The normalized spacial score (nSPS) is 15.1. The molecule has 0 amide bonds. The van der Waals surface area contributed by atoms with Crippen molar-refractivity contribution in [1.29, 1.82) is 0 Å². The lowest BCUT2D eigenvalue weighted by Gasteiger charge is -2.27. The lowest BCUT2D eigenvalue weighted by Crippen LogP contribution is -2.39. The molecule has 106 valence electrons. The third kappa shape index (κ3) is 2.09. The van der Waals surface area contributed by atoms with Gasteiger partial charge in [0.2, 0.25) is 0 Å². The van der Waals surface area contributed by atoms with Gasteiger partial charge in [0.1, 0.15) is 0 Å². The van der Waals surface area contributed by atoms with Gasteiger partial charge in [-0.25, -0.2) is 0 Å². The Morgan fingerprint density at radius 1 is 1.10 bits per heavy atom. The summed E-state index contributed by atoms with van der Waals surface area (Å²) in [6.45, 7) is 0.626. The van der Waals surface area contributed by atoms with Crippen LogP contribution in [0.4, 0.5) is 18.9 Å². The maximum absolute atomic E-state index is 12.9. The lowest BCUT2D eigenvalue weighted by atomic mass is 9.90. The largest absolute Gasteiger partial charge is 0.421 e. The number of fused-ring (bicyclic) bond motifs is 1. The Hall–Kier alpha value is -2.15. The number of nitrogens with zero attached hydrogens (tertiary/aromatic N) is 1. The predicted molar refractivity (Wildman–Crippen MR) is 66.2 cm³/mol. The van der Waals surface area contributed by atoms with Crippen LogP contribution in [0.25, 0.3) is 10.8 Å². The number of aliphatic hydroxyl groups is 1. The molecule has 0 aliphatic heterocycles. The number of nitro benzene ring substituents is 1. The van der Waals surface area contributed by atoms with E-state index in [-0.39, 0.29) is 16.5 Å². The van der Waals surface area contributed by atoms with Gasteiger partial charge in [0, 0.05) is 11.6 Å². The molecule has 0 saturated heterocycles. The number of rotatable bonds is 2. The van der Waals surface area contributed by atoms with Gasteiger partial charge in [-0.1, -0.05) is 24.3 Å². The van der Waals surface area contributed by atoms with Crippen LogP contribution in [0, 0.1) is 10.1 Å². The minimum Gasteiger partial charge on any atom is -0.376 e. The minimum atomic E-state index is -4.88. The number of hydrogen-bond donors (Lipinski definition) is 1. The van der Waals surface area contributed by atoms with Gasteiger partial charge in [-0.2, -0.15) is 13.2 Å². The van der Waals surface area contributed by atoms with Gasteiger partial charge in [-0.15, -0.1) is 0 Å². The Kier molecular flexibility index (Phi) is 3.17. The molecular formula is C13H10F3NO3. The number of hydrogen-bond acceptors (Lipinski definition) is 3. The zero-order chi connectivity index (χ0) is 15.1. The minimum absolute atomic E-state index is 0.00373. The predicted octanol–water partition coefficient (Wildman–Crippen LogP) is 3.52. The Morgan fingerprint density at radius 2 is 1.65 bits per heavy atom. The fraction of sp³-hybridized carbons (Fsp3) is 0.231. The third-order valence-electron chi connectivity index (χ3n) is 3.17. The SMILES string of the molecule is CC(O)(c1cccc2c([N+](=O)[O-])cccc12)C(F)(F)F. The zero-order valence-corrected chi connectivity index (χ0v) is 10.3. The number of non-ortho nitro benzene ring substituents is 1. The van der Waals surface area contributed by atoms with E-state index in [4.69, 9.17) is 0 Å². The molecule has 4 nitrogen and oxygen atoms in total. The molecule has 1 atom stereocenters. The number of nitro groups is 1. The van der Waals surface area contributed by atoms with E-state index in [1.54, 1.807) is 0 Å². The van der Waals surface area contributed by atoms with E-state index >= 15 is 0 Å². The summed E-state index contributed by atoms with van der Waals surface area (Å²) in [4.78, 5) is 10.2. The van der Waals surface area contributed by atoms with Crippen LogP contribution < -0.4 is 0 Å². The van der Waals surface area contributed by atoms with Crippen LogP contribution in [0.1, 0.15) is 12.5 Å². The molecule has 0 aromatic heterocycles. The standard InChI is InChI=1S/C13H10F3NO3/c1-12(18,13(14,15)16)10-6-2-5-9-8(10)4-3-7-11(9)17(19)20/h2-7,18H,1H3. The van der Waals surface area contributed by atoms with E-state index < -0.39 is 22.3 Å². The molecule has 7 heteroatoms. The van der Waals surface area contributed by atoms with E-state index in [1.807, 2.05) is 0 Å². The van der Waals surface area contributed by atoms with E-state index in [9.17, 15) is 28.4 Å². The van der Waals surface area contributed by atoms with Gasteiger partial charge in [0.05, 0.1) is 10.3 Å². The molecule has 1 N–H and O–H groups in total. The highest BCUT2D eigenvalue weighted by molar-refractivity contribution is 5.93. The van der Waals surface area contributed by atoms with Crippen LogP contribution in [0.3, 0.4) is 0 Å². The maximum Gasteiger partial charge on any atom is 0.421 e. The molecule has 0 aliphatic rings. The summed E-state index contributed by atoms with van der Waals surface area (Å²) < 4.78 is 38.8. The molecule has 0 bridgehead atoms. The first-order valence-electron chi connectivity index (χ1n) is 5.62. The second-order valence-corrected chi connectivity index (χ2v) is 4.50. The molecule has 2 aromatic rings. The van der Waals surface area contributed by atoms with E-state index in [0.29, 0.717) is 6.92 Å². The number of alkyl halides is 3. The first kappa shape index (κ1) is 14.3. The topological polar surface area (TPSA) is 63.4 Å². The van der Waals surface area contributed by atoms with Crippen molar-refractivity contribution < 1.29 is 23.2 Å². The highest BCUT2D eigenvalue weighted by Crippen LogP contribution is 2.42. The van der Waals surface area contributed by atoms with Crippen molar-refractivity contribution in [2.45, 2.75) is 18.7 Å². The summed E-state index contributed by atoms with van der Waals surface area (Å²) in [5.41, 5.74) is -3.80. The van der Waals surface area contributed by atoms with Gasteiger partial charge in [0.15, 0.2) is 5.60 Å². The Balaban J connectivity index is 2.81. The Morgan fingerprint density at radius 3 is 2.20 bits per heavy atom. The third-order valence-corrected chi connectivity index (χ3v) is 3.17. The molecular weight excluding hydrogens is 275 g/mol. The van der Waals surface area contributed by atoms with Crippen molar-refractivity contribution in [2.75, 3.05) is 0 Å². The van der Waals surface area contributed by atoms with Crippen molar-refractivity contribution in [2.24, 2.45) is 0 Å². The first-order chi connectivity index (χ1) is 9.16. The van der Waals surface area contributed by atoms with Crippen molar-refractivity contribution in [3.05, 3.63) is 52.1 Å². The smallest absolute Gasteiger partial charge is 0.376 e. The van der Waals surface area contributed by atoms with Crippen LogP contribution in [0.15, 0.2) is 36.4 Å². The van der Waals surface area contributed by atoms with Crippen LogP contribution >= 0.6 is 0 Å². The fourth-order valence-corrected chi connectivity index (χ4v) is 2.03. The molecule has 0 radical (unpaired) electrons. The molecule has 0 spiro atoms. The Bertz CT molecular complexity index is 680. The summed E-state index contributed by atoms with van der Waals surface area (Å²) in [6, 6.07) is 7.52. The summed E-state index contributed by atoms with van der Waals surface area (Å²) in [5, 5.41) is 20.7. The molecule has 2 rings (SSSR count). The first-order valence-corrected chi connectivity index (χ1v) is 5.62. The monoisotopic (exact) mass is 285 g/mol. The average Bonchev–Trinajstić information content (AvgIpc) is 2.35. The maximum atomic E-state index is 12.9. The summed E-state index contributed by atoms with van der Waals surface area (Å²) in [5.74, 6) is 0. The van der Waals surface area contributed by atoms with Crippen LogP contribution in [0.5, 0.6) is 0 Å². The van der Waals surface area contributed by atoms with Crippen molar-refractivity contribution >= 4 is 16.5 Å². The van der Waals surface area contributed by atoms with E-state index in [0.717, 1.165) is 6.07 Å². The molecule has 1 unspecified atom stereocenters. The molecule has 20 heavy (non-hydrogen) atoms. The average molecular weight is 285 g/mol. The Labute approximate surface area is 111 Å². The summed E-state index contributed by atoms with van der Waals surface area (Å²) >= 11 is 0. The highest BCUT2D eigenvalue weighted by atomic mass is 19.4. The van der Waals surface area contributed by atoms with Gasteiger partial charge in [-0.3, -0.25) is 10.1 Å². The quantitative estimate of drug-likeness (QED) is 0.678. The second-order valence-electron chi connectivity index (χ2n) is 4.50. The summed E-state index contributed by atoms with van der Waals surface area (Å²) in [7, 11) is 0. The summed E-state index contributed by atoms with van der Waals surface area (Å²) in [6.07, 6.45) is -4.88. The molecule has 0 fully saturated rings. The van der Waals surface area contributed by atoms with Crippen LogP contribution in [-0.4, -0.2) is 16.2 Å². The van der Waals surface area contributed by atoms with Gasteiger partial charge in [-0.05, 0) is 18.4 Å². The molecule has 0 saturated carbocycles. The number of benzene rings is 2. The zero-order valence-electron chi connectivity index (χ0n) is 10.3. The van der Waals surface area contributed by atoms with E-state index in [2.05, 4.69) is 0 Å². The van der Waals surface area contributed by atoms with Crippen LogP contribution in [0.2, 0.25) is 0 Å². The van der Waals surface area contributed by atoms with Crippen molar-refractivity contribution in [3.8, 4) is 0 Å². The highest BCUT2D eigenvalue weighted by Gasteiger charge is 2.51. The van der Waals surface area contributed by atoms with Gasteiger partial charge < -0.3 is 5.11 Å². The van der Waals surface area contributed by atoms with Crippen LogP contribution in [-0.2, 0) is 5.60 Å². The molecule has 0 aliphatic carbocycles. The van der Waals surface area contributed by atoms with Gasteiger partial charge >= 0.3 is 6.18 Å². The van der Waals surface area contributed by atoms with E-state index in [1.165, 1.54) is 30.3 Å². The molecule has 0 heterocycles. The lowest BCUT2D eigenvalue weighted by molar-refractivity contribution is -0.383. The van der Waals surface area contributed by atoms with Gasteiger partial charge in [0.25, 0.3) is 5.69 Å².